The van der Waals surface area contributed by atoms with Crippen molar-refractivity contribution in [3.63, 3.8) is 0 Å². The Kier molecular flexibility index (Phi) is 7.19. The maximum absolute atomic E-state index is 6.80. The molecule has 1 unspecified atom stereocenters. The maximum Gasteiger partial charge on any atom is 0.160 e. The van der Waals surface area contributed by atoms with E-state index in [0.717, 1.165) is 56.9 Å². The number of fused-ring (bicyclic) bond motifs is 9. The molecule has 12 rings (SSSR count). The van der Waals surface area contributed by atoms with Gasteiger partial charge in [-0.1, -0.05) is 146 Å². The van der Waals surface area contributed by atoms with Crippen LogP contribution in [-0.2, 0) is 6.42 Å². The molecule has 11 aromatic rings. The number of thiophene rings is 1. The van der Waals surface area contributed by atoms with E-state index in [2.05, 4.69) is 174 Å². The van der Waals surface area contributed by atoms with Crippen LogP contribution in [0.5, 0.6) is 0 Å². The molecule has 4 aromatic heterocycles. The van der Waals surface area contributed by atoms with Gasteiger partial charge in [-0.05, 0) is 36.4 Å². The van der Waals surface area contributed by atoms with Crippen molar-refractivity contribution >= 4 is 69.9 Å². The zero-order chi connectivity index (χ0) is 37.5. The van der Waals surface area contributed by atoms with E-state index < -0.39 is 0 Å². The molecule has 0 N–H and O–H groups in total. The van der Waals surface area contributed by atoms with Gasteiger partial charge < -0.3 is 8.98 Å². The number of hydrogen-bond donors (Lipinski definition) is 0. The SMILES string of the molecule is C1=C(c2cccc3c2sc2ccccc23)c2oc3ccccc3c2CC1n1c2ccccc2c2ccc(-c3nc(-c4ccccc4)cc(-c4ccccc4)n3)cc21. The highest BCUT2D eigenvalue weighted by Crippen LogP contribution is 2.47. The van der Waals surface area contributed by atoms with Crippen LogP contribution in [0.15, 0.2) is 186 Å². The third kappa shape index (κ3) is 5.13. The number of benzene rings is 7. The summed E-state index contributed by atoms with van der Waals surface area (Å²) in [5.74, 6) is 1.67. The molecule has 7 aromatic carbocycles. The molecule has 57 heavy (non-hydrogen) atoms. The van der Waals surface area contributed by atoms with E-state index in [0.29, 0.717) is 5.82 Å². The number of aromatic nitrogens is 3. The van der Waals surface area contributed by atoms with Gasteiger partial charge in [0, 0.05) is 81.7 Å². The van der Waals surface area contributed by atoms with Gasteiger partial charge in [0.1, 0.15) is 11.3 Å². The molecule has 0 radical (unpaired) electrons. The third-order valence-electron chi connectivity index (χ3n) is 11.6. The average molecular weight is 748 g/mol. The Morgan fingerprint density at radius 3 is 1.96 bits per heavy atom. The Morgan fingerprint density at radius 1 is 0.526 bits per heavy atom. The Bertz CT molecular complexity index is 3330. The molecule has 0 saturated carbocycles. The normalized spacial score (nSPS) is 14.2. The molecule has 0 saturated heterocycles. The van der Waals surface area contributed by atoms with E-state index in [1.54, 1.807) is 0 Å². The highest BCUT2D eigenvalue weighted by atomic mass is 32.1. The van der Waals surface area contributed by atoms with Gasteiger partial charge in [-0.15, -0.1) is 11.3 Å². The molecule has 5 heteroatoms. The lowest BCUT2D eigenvalue weighted by Gasteiger charge is -2.25. The highest BCUT2D eigenvalue weighted by molar-refractivity contribution is 7.26. The molecule has 0 bridgehead atoms. The first-order valence-electron chi connectivity index (χ1n) is 19.4. The standard InChI is InChI=1S/C52H33N3OS/c1-3-14-32(15-4-1)44-31-45(33-16-5-2-6-17-33)54-52(53-44)34-26-27-37-36-18-7-10-23-46(36)55(47(37)28-34)35-29-42-38-19-8-11-24-48(38)56-50(42)43(30-35)41-22-13-21-40-39-20-9-12-25-49(39)57-51(40)41/h1-28,30-31,35H,29H2. The lowest BCUT2D eigenvalue weighted by atomic mass is 9.88. The number of furan rings is 1. The van der Waals surface area contributed by atoms with Gasteiger partial charge in [-0.3, -0.25) is 0 Å². The van der Waals surface area contributed by atoms with Crippen molar-refractivity contribution in [2.24, 2.45) is 0 Å². The van der Waals surface area contributed by atoms with Crippen LogP contribution in [0.25, 0.3) is 92.4 Å². The molecule has 0 fully saturated rings. The predicted octanol–water partition coefficient (Wildman–Crippen LogP) is 13.9. The largest absolute Gasteiger partial charge is 0.456 e. The van der Waals surface area contributed by atoms with Crippen LogP contribution in [-0.4, -0.2) is 14.5 Å². The van der Waals surface area contributed by atoms with E-state index in [1.165, 1.54) is 53.0 Å². The van der Waals surface area contributed by atoms with Crippen molar-refractivity contribution in [1.82, 2.24) is 14.5 Å². The quantitative estimate of drug-likeness (QED) is 0.176. The van der Waals surface area contributed by atoms with Crippen molar-refractivity contribution < 1.29 is 4.42 Å². The third-order valence-corrected chi connectivity index (χ3v) is 12.8. The number of hydrogen-bond acceptors (Lipinski definition) is 4. The highest BCUT2D eigenvalue weighted by Gasteiger charge is 2.30. The molecule has 268 valence electrons. The van der Waals surface area contributed by atoms with Crippen LogP contribution in [0.1, 0.15) is 22.9 Å². The second-order valence-corrected chi connectivity index (χ2v) is 15.9. The monoisotopic (exact) mass is 747 g/mol. The molecule has 4 nitrogen and oxygen atoms in total. The van der Waals surface area contributed by atoms with E-state index in [1.807, 2.05) is 23.5 Å². The summed E-state index contributed by atoms with van der Waals surface area (Å²) in [5, 5.41) is 6.19. The van der Waals surface area contributed by atoms with Crippen molar-refractivity contribution in [2.45, 2.75) is 12.5 Å². The second kappa shape index (κ2) is 12.7. The molecule has 1 aliphatic carbocycles. The van der Waals surface area contributed by atoms with Gasteiger partial charge in [-0.25, -0.2) is 9.97 Å². The first kappa shape index (κ1) is 32.2. The van der Waals surface area contributed by atoms with Crippen LogP contribution in [0.3, 0.4) is 0 Å². The Morgan fingerprint density at radius 2 is 1.18 bits per heavy atom. The first-order valence-corrected chi connectivity index (χ1v) is 20.2. The van der Waals surface area contributed by atoms with E-state index in [-0.39, 0.29) is 6.04 Å². The van der Waals surface area contributed by atoms with Crippen LogP contribution >= 0.6 is 11.3 Å². The van der Waals surface area contributed by atoms with Crippen LogP contribution in [0, 0.1) is 0 Å². The van der Waals surface area contributed by atoms with Crippen LogP contribution in [0.2, 0.25) is 0 Å². The molecular formula is C52H33N3OS. The van der Waals surface area contributed by atoms with E-state index in [9.17, 15) is 0 Å². The first-order chi connectivity index (χ1) is 28.2. The number of para-hydroxylation sites is 2. The second-order valence-electron chi connectivity index (χ2n) is 14.9. The number of rotatable bonds is 5. The molecule has 0 amide bonds. The lowest BCUT2D eigenvalue weighted by Crippen LogP contribution is -2.15. The van der Waals surface area contributed by atoms with Crippen molar-refractivity contribution in [1.29, 1.82) is 0 Å². The summed E-state index contributed by atoms with van der Waals surface area (Å²) >= 11 is 1.86. The smallest absolute Gasteiger partial charge is 0.160 e. The summed E-state index contributed by atoms with van der Waals surface area (Å²) in [6.07, 6.45) is 3.26. The minimum atomic E-state index is 0.00671. The Hall–Kier alpha value is -7.08. The van der Waals surface area contributed by atoms with Gasteiger partial charge in [0.15, 0.2) is 5.82 Å². The topological polar surface area (TPSA) is 43.9 Å². The molecule has 0 spiro atoms. The summed E-state index contributed by atoms with van der Waals surface area (Å²) in [5.41, 5.74) is 11.8. The summed E-state index contributed by atoms with van der Waals surface area (Å²) < 4.78 is 11.9. The van der Waals surface area contributed by atoms with E-state index >= 15 is 0 Å². The summed E-state index contributed by atoms with van der Waals surface area (Å²) in [7, 11) is 0. The van der Waals surface area contributed by atoms with Crippen molar-refractivity contribution in [2.75, 3.05) is 0 Å². The molecule has 0 aliphatic heterocycles. The summed E-state index contributed by atoms with van der Waals surface area (Å²) in [6.45, 7) is 0. The van der Waals surface area contributed by atoms with Gasteiger partial charge in [0.25, 0.3) is 0 Å². The Labute approximate surface area is 332 Å². The fourth-order valence-electron chi connectivity index (χ4n) is 8.98. The van der Waals surface area contributed by atoms with E-state index in [4.69, 9.17) is 14.4 Å². The van der Waals surface area contributed by atoms with Crippen LogP contribution in [0.4, 0.5) is 0 Å². The van der Waals surface area contributed by atoms with Gasteiger partial charge in [0.2, 0.25) is 0 Å². The minimum Gasteiger partial charge on any atom is -0.456 e. The predicted molar refractivity (Wildman–Crippen MR) is 237 cm³/mol. The summed E-state index contributed by atoms with van der Waals surface area (Å²) in [4.78, 5) is 10.4. The molecule has 1 atom stereocenters. The maximum atomic E-state index is 6.80. The number of allylic oxidation sites excluding steroid dienone is 1. The molecule has 4 heterocycles. The molecule has 1 aliphatic rings. The Balaban J connectivity index is 1.10. The number of nitrogens with zero attached hydrogens (tertiary/aromatic N) is 3. The van der Waals surface area contributed by atoms with Gasteiger partial charge in [-0.2, -0.15) is 0 Å². The lowest BCUT2D eigenvalue weighted by molar-refractivity contribution is 0.567. The van der Waals surface area contributed by atoms with Crippen molar-refractivity contribution in [3.8, 4) is 33.9 Å². The average Bonchev–Trinajstić information content (AvgIpc) is 3.96. The fraction of sp³-hybridized carbons (Fsp3) is 0.0385. The summed E-state index contributed by atoms with van der Waals surface area (Å²) in [6, 6.07) is 62.4. The van der Waals surface area contributed by atoms with Crippen LogP contribution < -0.4 is 0 Å². The van der Waals surface area contributed by atoms with Gasteiger partial charge >= 0.3 is 0 Å². The van der Waals surface area contributed by atoms with Crippen molar-refractivity contribution in [3.05, 3.63) is 199 Å². The fourth-order valence-corrected chi connectivity index (χ4v) is 10.2. The van der Waals surface area contributed by atoms with Gasteiger partial charge in [0.05, 0.1) is 22.9 Å². The minimum absolute atomic E-state index is 0.00671. The zero-order valence-corrected chi connectivity index (χ0v) is 31.6. The molecular weight excluding hydrogens is 715 g/mol. The zero-order valence-electron chi connectivity index (χ0n) is 30.8.